The maximum absolute atomic E-state index is 13.5. The summed E-state index contributed by atoms with van der Waals surface area (Å²) in [5, 5.41) is 1.10. The second-order valence-corrected chi connectivity index (χ2v) is 8.77. The second-order valence-electron chi connectivity index (χ2n) is 8.77. The molecule has 0 aliphatic carbocycles. The molecule has 32 heavy (non-hydrogen) atoms. The number of benzene rings is 2. The first kappa shape index (κ1) is 20.5. The maximum atomic E-state index is 13.5. The number of para-hydroxylation sites is 1. The third-order valence-electron chi connectivity index (χ3n) is 6.66. The largest absolute Gasteiger partial charge is 0.366 e. The number of H-pyrrole nitrogens is 1. The molecule has 2 aliphatic heterocycles. The molecule has 1 aromatic heterocycles. The fourth-order valence-electron chi connectivity index (χ4n) is 4.74. The van der Waals surface area contributed by atoms with E-state index in [1.54, 1.807) is 12.1 Å². The molecule has 0 saturated carbocycles. The van der Waals surface area contributed by atoms with Gasteiger partial charge in [0.2, 0.25) is 0 Å². The number of carbonyl (C=O) groups is 2. The zero-order valence-corrected chi connectivity index (χ0v) is 18.1. The Bertz CT molecular complexity index is 1200. The highest BCUT2D eigenvalue weighted by atomic mass is 19.1. The predicted octanol–water partition coefficient (Wildman–Crippen LogP) is 4.36. The lowest BCUT2D eigenvalue weighted by Gasteiger charge is -2.32. The third kappa shape index (κ3) is 3.60. The van der Waals surface area contributed by atoms with Crippen LogP contribution in [0.5, 0.6) is 0 Å². The van der Waals surface area contributed by atoms with E-state index < -0.39 is 0 Å². The van der Waals surface area contributed by atoms with Gasteiger partial charge in [0.25, 0.3) is 11.8 Å². The van der Waals surface area contributed by atoms with Crippen molar-refractivity contribution in [2.45, 2.75) is 26.2 Å². The minimum atomic E-state index is -0.365. The zero-order valence-electron chi connectivity index (χ0n) is 18.1. The molecule has 1 saturated heterocycles. The van der Waals surface area contributed by atoms with Crippen LogP contribution in [0.2, 0.25) is 0 Å². The first-order chi connectivity index (χ1) is 15.5. The number of likely N-dealkylation sites (tertiary alicyclic amines) is 1. The van der Waals surface area contributed by atoms with Crippen molar-refractivity contribution >= 4 is 28.3 Å². The van der Waals surface area contributed by atoms with Gasteiger partial charge in [0, 0.05) is 36.7 Å². The normalized spacial score (nSPS) is 17.8. The molecular weight excluding hydrogens is 405 g/mol. The molecule has 5 rings (SSSR count). The molecule has 2 amide bonds. The quantitative estimate of drug-likeness (QED) is 0.611. The number of nitrogens with one attached hydrogen (secondary N) is 1. The summed E-state index contributed by atoms with van der Waals surface area (Å²) in [6.45, 7) is 4.01. The Morgan fingerprint density at radius 1 is 1.00 bits per heavy atom. The topological polar surface area (TPSA) is 56.4 Å². The standard InChI is InChI=1S/C26H26FN3O2/c1-17-10-13-29(14-11-17)24-23(18-6-8-20(27)9-7-18)25(31)30(26(24)32)15-12-19-16-28-22-5-3-2-4-21(19)22/h2-9,16-17,28H,10-15H2,1H3. The molecule has 1 fully saturated rings. The van der Waals surface area contributed by atoms with Crippen LogP contribution in [0.15, 0.2) is 60.4 Å². The number of carbonyl (C=O) groups excluding carboxylic acids is 2. The Hall–Kier alpha value is -3.41. The average molecular weight is 432 g/mol. The van der Waals surface area contributed by atoms with Gasteiger partial charge in [-0.25, -0.2) is 4.39 Å². The molecule has 0 atom stereocenters. The van der Waals surface area contributed by atoms with E-state index in [0.29, 0.717) is 35.7 Å². The monoisotopic (exact) mass is 431 g/mol. The Balaban J connectivity index is 1.45. The van der Waals surface area contributed by atoms with Gasteiger partial charge in [-0.1, -0.05) is 37.3 Å². The van der Waals surface area contributed by atoms with E-state index >= 15 is 0 Å². The zero-order chi connectivity index (χ0) is 22.2. The first-order valence-electron chi connectivity index (χ1n) is 11.2. The highest BCUT2D eigenvalue weighted by molar-refractivity contribution is 6.35. The SMILES string of the molecule is CC1CCN(C2=C(c3ccc(F)cc3)C(=O)N(CCc3c[nH]c4ccccc34)C2=O)CC1. The number of aromatic amines is 1. The lowest BCUT2D eigenvalue weighted by molar-refractivity contribution is -0.137. The summed E-state index contributed by atoms with van der Waals surface area (Å²) in [5.74, 6) is -0.305. The highest BCUT2D eigenvalue weighted by Crippen LogP contribution is 2.34. The predicted molar refractivity (Wildman–Crippen MR) is 122 cm³/mol. The fraction of sp³-hybridized carbons (Fsp3) is 0.308. The van der Waals surface area contributed by atoms with Crippen LogP contribution in [-0.4, -0.2) is 46.2 Å². The van der Waals surface area contributed by atoms with E-state index in [0.717, 1.165) is 42.4 Å². The molecule has 5 nitrogen and oxygen atoms in total. The number of hydrogen-bond acceptors (Lipinski definition) is 3. The molecule has 0 spiro atoms. The molecule has 164 valence electrons. The molecule has 0 bridgehead atoms. The van der Waals surface area contributed by atoms with Gasteiger partial charge in [-0.05, 0) is 54.5 Å². The minimum Gasteiger partial charge on any atom is -0.366 e. The van der Waals surface area contributed by atoms with Crippen LogP contribution in [0.4, 0.5) is 4.39 Å². The number of halogens is 1. The van der Waals surface area contributed by atoms with E-state index in [9.17, 15) is 14.0 Å². The van der Waals surface area contributed by atoms with Gasteiger partial charge >= 0.3 is 0 Å². The number of fused-ring (bicyclic) bond motifs is 1. The molecule has 3 aromatic rings. The third-order valence-corrected chi connectivity index (χ3v) is 6.66. The summed E-state index contributed by atoms with van der Waals surface area (Å²) in [4.78, 5) is 33.6. The summed E-state index contributed by atoms with van der Waals surface area (Å²) in [6.07, 6.45) is 4.48. The number of imide groups is 1. The minimum absolute atomic E-state index is 0.247. The fourth-order valence-corrected chi connectivity index (χ4v) is 4.74. The van der Waals surface area contributed by atoms with Crippen molar-refractivity contribution in [3.8, 4) is 0 Å². The van der Waals surface area contributed by atoms with Gasteiger partial charge < -0.3 is 9.88 Å². The number of piperidine rings is 1. The molecule has 3 heterocycles. The van der Waals surface area contributed by atoms with E-state index in [1.165, 1.54) is 17.0 Å². The van der Waals surface area contributed by atoms with Crippen molar-refractivity contribution in [2.24, 2.45) is 5.92 Å². The van der Waals surface area contributed by atoms with Crippen molar-refractivity contribution in [1.82, 2.24) is 14.8 Å². The molecule has 2 aliphatic rings. The highest BCUT2D eigenvalue weighted by Gasteiger charge is 2.41. The lowest BCUT2D eigenvalue weighted by atomic mass is 9.97. The lowest BCUT2D eigenvalue weighted by Crippen LogP contribution is -2.39. The Morgan fingerprint density at radius 3 is 2.47 bits per heavy atom. The van der Waals surface area contributed by atoms with E-state index in [2.05, 4.69) is 11.9 Å². The summed E-state index contributed by atoms with van der Waals surface area (Å²) in [6, 6.07) is 13.9. The van der Waals surface area contributed by atoms with Crippen molar-refractivity contribution < 1.29 is 14.0 Å². The van der Waals surface area contributed by atoms with Crippen molar-refractivity contribution in [2.75, 3.05) is 19.6 Å². The summed E-state index contributed by atoms with van der Waals surface area (Å²) in [5.41, 5.74) is 3.56. The molecule has 0 unspecified atom stereocenters. The first-order valence-corrected chi connectivity index (χ1v) is 11.2. The number of aromatic nitrogens is 1. The summed E-state index contributed by atoms with van der Waals surface area (Å²) < 4.78 is 13.5. The van der Waals surface area contributed by atoms with Crippen LogP contribution in [0.25, 0.3) is 16.5 Å². The van der Waals surface area contributed by atoms with Gasteiger partial charge in [0.15, 0.2) is 0 Å². The Kier molecular flexibility index (Phi) is 5.29. The van der Waals surface area contributed by atoms with Gasteiger partial charge in [0.1, 0.15) is 11.5 Å². The smallest absolute Gasteiger partial charge is 0.277 e. The number of rotatable bonds is 5. The van der Waals surface area contributed by atoms with Crippen LogP contribution in [0.1, 0.15) is 30.9 Å². The molecular formula is C26H26FN3O2. The van der Waals surface area contributed by atoms with Gasteiger partial charge in [-0.3, -0.25) is 14.5 Å². The van der Waals surface area contributed by atoms with Crippen LogP contribution >= 0.6 is 0 Å². The van der Waals surface area contributed by atoms with Crippen LogP contribution < -0.4 is 0 Å². The number of hydrogen-bond donors (Lipinski definition) is 1. The molecule has 1 N–H and O–H groups in total. The van der Waals surface area contributed by atoms with Gasteiger partial charge in [0.05, 0.1) is 5.57 Å². The average Bonchev–Trinajstić information content (AvgIpc) is 3.32. The summed E-state index contributed by atoms with van der Waals surface area (Å²) >= 11 is 0. The van der Waals surface area contributed by atoms with Crippen molar-refractivity contribution in [1.29, 1.82) is 0 Å². The molecule has 6 heteroatoms. The van der Waals surface area contributed by atoms with E-state index in [-0.39, 0.29) is 17.6 Å². The molecule has 2 aromatic carbocycles. The Morgan fingerprint density at radius 2 is 1.72 bits per heavy atom. The van der Waals surface area contributed by atoms with Crippen LogP contribution in [-0.2, 0) is 16.0 Å². The maximum Gasteiger partial charge on any atom is 0.277 e. The van der Waals surface area contributed by atoms with E-state index in [1.807, 2.05) is 35.4 Å². The molecule has 0 radical (unpaired) electrons. The van der Waals surface area contributed by atoms with E-state index in [4.69, 9.17) is 0 Å². The Labute approximate surface area is 186 Å². The van der Waals surface area contributed by atoms with Crippen molar-refractivity contribution in [3.05, 3.63) is 77.4 Å². The van der Waals surface area contributed by atoms with Crippen LogP contribution in [0.3, 0.4) is 0 Å². The number of nitrogens with zero attached hydrogens (tertiary/aromatic N) is 2. The number of amides is 2. The second kappa shape index (κ2) is 8.26. The van der Waals surface area contributed by atoms with Crippen molar-refractivity contribution in [3.63, 3.8) is 0 Å². The summed E-state index contributed by atoms with van der Waals surface area (Å²) in [7, 11) is 0. The van der Waals surface area contributed by atoms with Crippen LogP contribution in [0, 0.1) is 11.7 Å². The van der Waals surface area contributed by atoms with Gasteiger partial charge in [-0.15, -0.1) is 0 Å². The van der Waals surface area contributed by atoms with Gasteiger partial charge in [-0.2, -0.15) is 0 Å².